The highest BCUT2D eigenvalue weighted by molar-refractivity contribution is 5.77. The van der Waals surface area contributed by atoms with Gasteiger partial charge in [0.15, 0.2) is 0 Å². The van der Waals surface area contributed by atoms with Crippen molar-refractivity contribution in [3.05, 3.63) is 29.8 Å². The lowest BCUT2D eigenvalue weighted by Crippen LogP contribution is -2.38. The van der Waals surface area contributed by atoms with E-state index in [9.17, 15) is 4.79 Å². The second-order valence-corrected chi connectivity index (χ2v) is 4.55. The summed E-state index contributed by atoms with van der Waals surface area (Å²) >= 11 is 0. The van der Waals surface area contributed by atoms with E-state index in [2.05, 4.69) is 10.6 Å². The molecule has 18 heavy (non-hydrogen) atoms. The fourth-order valence-corrected chi connectivity index (χ4v) is 1.42. The van der Waals surface area contributed by atoms with Crippen LogP contribution in [0.15, 0.2) is 24.3 Å². The molecule has 0 unspecified atom stereocenters. The Labute approximate surface area is 109 Å². The fourth-order valence-electron chi connectivity index (χ4n) is 1.42. The Hall–Kier alpha value is -1.55. The van der Waals surface area contributed by atoms with Crippen molar-refractivity contribution in [3.63, 3.8) is 0 Å². The summed E-state index contributed by atoms with van der Waals surface area (Å²) in [7, 11) is 0. The zero-order chi connectivity index (χ0) is 13.4. The number of nitrogens with one attached hydrogen (secondary N) is 2. The molecule has 0 bridgehead atoms. The van der Waals surface area contributed by atoms with Crippen LogP contribution in [0.2, 0.25) is 0 Å². The zero-order valence-electron chi connectivity index (χ0n) is 11.3. The lowest BCUT2D eigenvalue weighted by atomic mass is 10.2. The molecular weight excluding hydrogens is 228 g/mol. The molecular formula is C14H22N2O2. The minimum absolute atomic E-state index is 0.00320. The molecule has 0 aliphatic heterocycles. The van der Waals surface area contributed by atoms with Crippen molar-refractivity contribution < 1.29 is 9.53 Å². The highest BCUT2D eigenvalue weighted by Gasteiger charge is 2.01. The van der Waals surface area contributed by atoms with Gasteiger partial charge in [0, 0.05) is 6.04 Å². The van der Waals surface area contributed by atoms with Crippen molar-refractivity contribution in [3.8, 4) is 5.75 Å². The summed E-state index contributed by atoms with van der Waals surface area (Å²) in [5, 5.41) is 5.85. The quantitative estimate of drug-likeness (QED) is 0.721. The van der Waals surface area contributed by atoms with Gasteiger partial charge in [-0.2, -0.15) is 0 Å². The highest BCUT2D eigenvalue weighted by atomic mass is 16.5. The number of ether oxygens (including phenoxy) is 1. The number of hydrogen-bond acceptors (Lipinski definition) is 3. The maximum absolute atomic E-state index is 11.4. The fraction of sp³-hybridized carbons (Fsp3) is 0.500. The average Bonchev–Trinajstić information content (AvgIpc) is 2.32. The standard InChI is InChI=1S/C14H22N2O2/c1-11(2)16-10-14(17)15-7-8-18-13-6-4-5-12(3)9-13/h4-6,9,11,16H,7-8,10H2,1-3H3,(H,15,17). The Balaban J connectivity index is 2.13. The third-order valence-corrected chi connectivity index (χ3v) is 2.35. The molecule has 0 spiro atoms. The molecule has 0 aliphatic rings. The summed E-state index contributed by atoms with van der Waals surface area (Å²) in [5.74, 6) is 0.834. The summed E-state index contributed by atoms with van der Waals surface area (Å²) < 4.78 is 5.53. The van der Waals surface area contributed by atoms with Crippen LogP contribution in [-0.4, -0.2) is 31.6 Å². The number of carbonyl (C=O) groups excluding carboxylic acids is 1. The summed E-state index contributed by atoms with van der Waals surface area (Å²) in [6.07, 6.45) is 0. The van der Waals surface area contributed by atoms with Crippen molar-refractivity contribution in [2.24, 2.45) is 0 Å². The molecule has 0 atom stereocenters. The van der Waals surface area contributed by atoms with Crippen LogP contribution in [0.1, 0.15) is 19.4 Å². The molecule has 1 aromatic carbocycles. The molecule has 0 heterocycles. The minimum Gasteiger partial charge on any atom is -0.492 e. The molecule has 0 saturated carbocycles. The van der Waals surface area contributed by atoms with Crippen LogP contribution in [0.4, 0.5) is 0 Å². The van der Waals surface area contributed by atoms with Gasteiger partial charge in [0.25, 0.3) is 0 Å². The smallest absolute Gasteiger partial charge is 0.234 e. The maximum Gasteiger partial charge on any atom is 0.234 e. The second kappa shape index (κ2) is 7.71. The maximum atomic E-state index is 11.4. The van der Waals surface area contributed by atoms with Gasteiger partial charge in [0.1, 0.15) is 12.4 Å². The van der Waals surface area contributed by atoms with Crippen LogP contribution >= 0.6 is 0 Å². The van der Waals surface area contributed by atoms with Gasteiger partial charge < -0.3 is 15.4 Å². The van der Waals surface area contributed by atoms with E-state index in [1.807, 2.05) is 45.0 Å². The number of hydrogen-bond donors (Lipinski definition) is 2. The lowest BCUT2D eigenvalue weighted by Gasteiger charge is -2.10. The van der Waals surface area contributed by atoms with Crippen LogP contribution in [0.5, 0.6) is 5.75 Å². The lowest BCUT2D eigenvalue weighted by molar-refractivity contribution is -0.120. The predicted octanol–water partition coefficient (Wildman–Crippen LogP) is 1.49. The molecule has 0 saturated heterocycles. The molecule has 0 aliphatic carbocycles. The Bertz CT molecular complexity index is 378. The highest BCUT2D eigenvalue weighted by Crippen LogP contribution is 2.11. The largest absolute Gasteiger partial charge is 0.492 e. The van der Waals surface area contributed by atoms with E-state index in [1.54, 1.807) is 0 Å². The van der Waals surface area contributed by atoms with Gasteiger partial charge >= 0.3 is 0 Å². The van der Waals surface area contributed by atoms with Gasteiger partial charge in [0.2, 0.25) is 5.91 Å². The third kappa shape index (κ3) is 6.25. The molecule has 4 heteroatoms. The van der Waals surface area contributed by atoms with Gasteiger partial charge in [-0.15, -0.1) is 0 Å². The van der Waals surface area contributed by atoms with Crippen molar-refractivity contribution >= 4 is 5.91 Å². The number of aryl methyl sites for hydroxylation is 1. The van der Waals surface area contributed by atoms with E-state index in [0.717, 1.165) is 11.3 Å². The number of amides is 1. The molecule has 1 amide bonds. The van der Waals surface area contributed by atoms with Gasteiger partial charge in [0.05, 0.1) is 13.1 Å². The van der Waals surface area contributed by atoms with Crippen LogP contribution in [0.3, 0.4) is 0 Å². The molecule has 100 valence electrons. The first-order valence-corrected chi connectivity index (χ1v) is 6.27. The minimum atomic E-state index is -0.00320. The summed E-state index contributed by atoms with van der Waals surface area (Å²) in [6.45, 7) is 7.39. The third-order valence-electron chi connectivity index (χ3n) is 2.35. The number of rotatable bonds is 7. The molecule has 0 radical (unpaired) electrons. The summed E-state index contributed by atoms with van der Waals surface area (Å²) in [6, 6.07) is 8.18. The van der Waals surface area contributed by atoms with Gasteiger partial charge in [-0.3, -0.25) is 4.79 Å². The SMILES string of the molecule is Cc1cccc(OCCNC(=O)CNC(C)C)c1. The molecule has 2 N–H and O–H groups in total. The van der Waals surface area contributed by atoms with Crippen molar-refractivity contribution in [2.75, 3.05) is 19.7 Å². The van der Waals surface area contributed by atoms with E-state index < -0.39 is 0 Å². The molecule has 1 rings (SSSR count). The van der Waals surface area contributed by atoms with Crippen LogP contribution in [0.25, 0.3) is 0 Å². The first kappa shape index (κ1) is 14.5. The Morgan fingerprint density at radius 3 is 2.83 bits per heavy atom. The molecule has 0 aromatic heterocycles. The predicted molar refractivity (Wildman–Crippen MR) is 72.8 cm³/mol. The van der Waals surface area contributed by atoms with Crippen LogP contribution in [0, 0.1) is 6.92 Å². The van der Waals surface area contributed by atoms with E-state index in [4.69, 9.17) is 4.74 Å². The van der Waals surface area contributed by atoms with E-state index >= 15 is 0 Å². The second-order valence-electron chi connectivity index (χ2n) is 4.55. The van der Waals surface area contributed by atoms with Crippen LogP contribution in [-0.2, 0) is 4.79 Å². The van der Waals surface area contributed by atoms with E-state index in [1.165, 1.54) is 0 Å². The van der Waals surface area contributed by atoms with Gasteiger partial charge in [-0.25, -0.2) is 0 Å². The summed E-state index contributed by atoms with van der Waals surface area (Å²) in [4.78, 5) is 11.4. The zero-order valence-corrected chi connectivity index (χ0v) is 11.3. The van der Waals surface area contributed by atoms with Crippen LogP contribution < -0.4 is 15.4 Å². The van der Waals surface area contributed by atoms with E-state index in [-0.39, 0.29) is 5.91 Å². The Morgan fingerprint density at radius 2 is 2.17 bits per heavy atom. The molecule has 4 nitrogen and oxygen atoms in total. The first-order chi connectivity index (χ1) is 8.58. The Morgan fingerprint density at radius 1 is 1.39 bits per heavy atom. The van der Waals surface area contributed by atoms with Crippen molar-refractivity contribution in [1.29, 1.82) is 0 Å². The molecule has 0 fully saturated rings. The first-order valence-electron chi connectivity index (χ1n) is 6.27. The van der Waals surface area contributed by atoms with Gasteiger partial charge in [-0.05, 0) is 24.6 Å². The normalized spacial score (nSPS) is 10.4. The van der Waals surface area contributed by atoms with Crippen molar-refractivity contribution in [2.45, 2.75) is 26.8 Å². The van der Waals surface area contributed by atoms with Gasteiger partial charge in [-0.1, -0.05) is 26.0 Å². The monoisotopic (exact) mass is 250 g/mol. The Kier molecular flexibility index (Phi) is 6.22. The number of carbonyl (C=O) groups is 1. The van der Waals surface area contributed by atoms with E-state index in [0.29, 0.717) is 25.7 Å². The average molecular weight is 250 g/mol. The van der Waals surface area contributed by atoms with Crippen molar-refractivity contribution in [1.82, 2.24) is 10.6 Å². The summed E-state index contributed by atoms with van der Waals surface area (Å²) in [5.41, 5.74) is 1.16. The number of benzene rings is 1. The topological polar surface area (TPSA) is 50.4 Å². The molecule has 1 aromatic rings.